The monoisotopic (exact) mass is 353 g/mol. The number of carbonyl (C=O) groups is 1. The maximum absolute atomic E-state index is 12.5. The van der Waals surface area contributed by atoms with Gasteiger partial charge in [-0.1, -0.05) is 0 Å². The van der Waals surface area contributed by atoms with Gasteiger partial charge in [0.05, 0.1) is 33.0 Å². The fraction of sp³-hybridized carbons (Fsp3) is 0.214. The molecular weight excluding hydrogens is 340 g/mol. The first-order chi connectivity index (χ1) is 11.5. The van der Waals surface area contributed by atoms with Crippen molar-refractivity contribution in [2.24, 2.45) is 0 Å². The summed E-state index contributed by atoms with van der Waals surface area (Å²) in [6.45, 7) is -0.820. The molecule has 0 atom stereocenters. The lowest BCUT2D eigenvalue weighted by molar-refractivity contribution is -0.134. The van der Waals surface area contributed by atoms with Crippen molar-refractivity contribution >= 4 is 39.0 Å². The Bertz CT molecular complexity index is 850. The number of nitrogens with zero attached hydrogens (tertiary/aromatic N) is 2. The number of thiophene rings is 1. The molecule has 7 nitrogen and oxygen atoms in total. The minimum Gasteiger partial charge on any atom is -0.480 e. The molecular formula is C14H13F2N5O2S. The number of carboxylic acid groups (broad SMARTS) is 1. The molecule has 0 unspecified atom stereocenters. The highest BCUT2D eigenvalue weighted by molar-refractivity contribution is 7.22. The van der Waals surface area contributed by atoms with E-state index in [1.807, 2.05) is 0 Å². The van der Waals surface area contributed by atoms with Gasteiger partial charge in [0, 0.05) is 12.3 Å². The third-order valence-corrected chi connectivity index (χ3v) is 4.30. The van der Waals surface area contributed by atoms with Crippen LogP contribution in [0, 0.1) is 0 Å². The van der Waals surface area contributed by atoms with Crippen LogP contribution in [0.1, 0.15) is 0 Å². The van der Waals surface area contributed by atoms with Crippen molar-refractivity contribution in [3.05, 3.63) is 24.4 Å². The topological polar surface area (TPSA) is 103 Å². The largest absolute Gasteiger partial charge is 0.480 e. The summed E-state index contributed by atoms with van der Waals surface area (Å²) in [6, 6.07) is 5.12. The van der Waals surface area contributed by atoms with Crippen LogP contribution in [0.15, 0.2) is 24.4 Å². The normalized spacial score (nSPS) is 11.1. The fourth-order valence-electron chi connectivity index (χ4n) is 2.12. The predicted octanol–water partition coefficient (Wildman–Crippen LogP) is 2.86. The van der Waals surface area contributed by atoms with Crippen LogP contribution in [0.3, 0.4) is 0 Å². The number of halogens is 2. The van der Waals surface area contributed by atoms with Gasteiger partial charge in [-0.15, -0.1) is 11.3 Å². The Morgan fingerprint density at radius 1 is 1.38 bits per heavy atom. The number of carboxylic acids is 1. The number of pyridine rings is 1. The van der Waals surface area contributed by atoms with Crippen LogP contribution in [-0.4, -0.2) is 45.8 Å². The first-order valence-electron chi connectivity index (χ1n) is 6.95. The van der Waals surface area contributed by atoms with Crippen LogP contribution >= 0.6 is 11.3 Å². The minimum atomic E-state index is -2.50. The third kappa shape index (κ3) is 3.59. The highest BCUT2D eigenvalue weighted by atomic mass is 32.1. The molecule has 126 valence electrons. The van der Waals surface area contributed by atoms with Gasteiger partial charge in [0.25, 0.3) is 6.43 Å². The number of H-pyrrole nitrogens is 1. The van der Waals surface area contributed by atoms with Crippen molar-refractivity contribution < 1.29 is 18.7 Å². The maximum Gasteiger partial charge on any atom is 0.322 e. The molecule has 0 aliphatic rings. The lowest BCUT2D eigenvalue weighted by Crippen LogP contribution is -2.14. The molecule has 0 bridgehead atoms. The molecule has 0 fully saturated rings. The van der Waals surface area contributed by atoms with E-state index < -0.39 is 18.9 Å². The summed E-state index contributed by atoms with van der Waals surface area (Å²) in [6.07, 6.45) is -0.890. The Kier molecular flexibility index (Phi) is 4.56. The zero-order chi connectivity index (χ0) is 17.1. The number of anilines is 2. The predicted molar refractivity (Wildman–Crippen MR) is 87.8 cm³/mol. The number of hydrogen-bond donors (Lipinski definition) is 4. The Labute approximate surface area is 138 Å². The molecule has 10 heteroatoms. The van der Waals surface area contributed by atoms with Crippen LogP contribution in [0.2, 0.25) is 0 Å². The van der Waals surface area contributed by atoms with E-state index in [0.717, 1.165) is 10.6 Å². The summed E-state index contributed by atoms with van der Waals surface area (Å²) in [5.74, 6) is -0.738. The van der Waals surface area contributed by atoms with Crippen molar-refractivity contribution in [2.75, 3.05) is 23.7 Å². The third-order valence-electron chi connectivity index (χ3n) is 3.11. The van der Waals surface area contributed by atoms with Gasteiger partial charge in [-0.05, 0) is 12.1 Å². The molecule has 0 spiro atoms. The van der Waals surface area contributed by atoms with Crippen LogP contribution in [0.5, 0.6) is 0 Å². The van der Waals surface area contributed by atoms with E-state index >= 15 is 0 Å². The van der Waals surface area contributed by atoms with E-state index in [1.165, 1.54) is 17.4 Å². The minimum absolute atomic E-state index is 0.302. The van der Waals surface area contributed by atoms with Gasteiger partial charge < -0.3 is 15.7 Å². The second-order valence-electron chi connectivity index (χ2n) is 4.87. The molecule has 0 amide bonds. The summed E-state index contributed by atoms with van der Waals surface area (Å²) in [5, 5.41) is 20.8. The number of rotatable bonds is 7. The maximum atomic E-state index is 12.5. The molecule has 0 saturated heterocycles. The standard InChI is InChI=1S/C14H13F2N5O2S/c15-11(16)5-17-8-4-12(18-6-13(22)23)20-9-3-10(24-14(8)9)7-1-2-19-21-7/h1-4,11H,5-6H2,(H,19,21)(H,22,23)(H2,17,18,20). The second kappa shape index (κ2) is 6.79. The van der Waals surface area contributed by atoms with Gasteiger partial charge >= 0.3 is 5.97 Å². The zero-order valence-corrected chi connectivity index (χ0v) is 13.0. The summed E-state index contributed by atoms with van der Waals surface area (Å²) in [7, 11) is 0. The van der Waals surface area contributed by atoms with Gasteiger partial charge in [-0.3, -0.25) is 9.89 Å². The quantitative estimate of drug-likeness (QED) is 0.521. The van der Waals surface area contributed by atoms with Gasteiger partial charge in [0.15, 0.2) is 0 Å². The van der Waals surface area contributed by atoms with Gasteiger partial charge in [0.2, 0.25) is 0 Å². The van der Waals surface area contributed by atoms with Crippen LogP contribution in [-0.2, 0) is 4.79 Å². The summed E-state index contributed by atoms with van der Waals surface area (Å²) < 4.78 is 25.8. The summed E-state index contributed by atoms with van der Waals surface area (Å²) >= 11 is 1.38. The Balaban J connectivity index is 2.00. The molecule has 0 radical (unpaired) electrons. The average molecular weight is 353 g/mol. The van der Waals surface area contributed by atoms with Crippen molar-refractivity contribution in [2.45, 2.75) is 6.43 Å². The van der Waals surface area contributed by atoms with E-state index in [9.17, 15) is 13.6 Å². The lowest BCUT2D eigenvalue weighted by atomic mass is 10.3. The average Bonchev–Trinajstić information content (AvgIpc) is 3.19. The zero-order valence-electron chi connectivity index (χ0n) is 12.2. The number of aliphatic carboxylic acids is 1. The van der Waals surface area contributed by atoms with Gasteiger partial charge in [0.1, 0.15) is 12.4 Å². The van der Waals surface area contributed by atoms with Gasteiger partial charge in [-0.25, -0.2) is 13.8 Å². The van der Waals surface area contributed by atoms with E-state index in [0.29, 0.717) is 21.7 Å². The number of aromatic amines is 1. The van der Waals surface area contributed by atoms with Crippen molar-refractivity contribution in [1.82, 2.24) is 15.2 Å². The molecule has 3 rings (SSSR count). The van der Waals surface area contributed by atoms with Crippen LogP contribution < -0.4 is 10.6 Å². The SMILES string of the molecule is O=C(O)CNc1cc(NCC(F)F)c2sc(-c3ccn[nH]3)cc2n1. The lowest BCUT2D eigenvalue weighted by Gasteiger charge is -2.09. The number of fused-ring (bicyclic) bond motifs is 1. The van der Waals surface area contributed by atoms with Crippen molar-refractivity contribution in [3.8, 4) is 10.6 Å². The van der Waals surface area contributed by atoms with E-state index in [1.54, 1.807) is 18.3 Å². The Morgan fingerprint density at radius 2 is 2.21 bits per heavy atom. The Morgan fingerprint density at radius 3 is 2.88 bits per heavy atom. The number of alkyl halides is 2. The fourth-order valence-corrected chi connectivity index (χ4v) is 3.19. The molecule has 3 aromatic heterocycles. The number of nitrogens with one attached hydrogen (secondary N) is 3. The van der Waals surface area contributed by atoms with E-state index in [4.69, 9.17) is 5.11 Å². The first-order valence-corrected chi connectivity index (χ1v) is 7.76. The number of hydrogen-bond acceptors (Lipinski definition) is 6. The van der Waals surface area contributed by atoms with Crippen LogP contribution in [0.25, 0.3) is 20.8 Å². The van der Waals surface area contributed by atoms with Crippen LogP contribution in [0.4, 0.5) is 20.3 Å². The summed E-state index contributed by atoms with van der Waals surface area (Å²) in [4.78, 5) is 15.9. The molecule has 3 aromatic rings. The smallest absolute Gasteiger partial charge is 0.322 e. The molecule has 24 heavy (non-hydrogen) atoms. The van der Waals surface area contributed by atoms with E-state index in [-0.39, 0.29) is 6.54 Å². The molecule has 0 aliphatic heterocycles. The highest BCUT2D eigenvalue weighted by Gasteiger charge is 2.14. The van der Waals surface area contributed by atoms with Crippen molar-refractivity contribution in [1.29, 1.82) is 0 Å². The molecule has 3 heterocycles. The highest BCUT2D eigenvalue weighted by Crippen LogP contribution is 2.37. The molecule has 0 saturated carbocycles. The number of aromatic nitrogens is 3. The Hall–Kier alpha value is -2.75. The molecule has 0 aliphatic carbocycles. The molecule has 0 aromatic carbocycles. The van der Waals surface area contributed by atoms with Gasteiger partial charge in [-0.2, -0.15) is 5.10 Å². The molecule has 4 N–H and O–H groups in total. The second-order valence-corrected chi connectivity index (χ2v) is 5.92. The van der Waals surface area contributed by atoms with E-state index in [2.05, 4.69) is 25.8 Å². The van der Waals surface area contributed by atoms with Crippen molar-refractivity contribution in [3.63, 3.8) is 0 Å². The first kappa shape index (κ1) is 16.1. The summed E-state index contributed by atoms with van der Waals surface area (Å²) in [5.41, 5.74) is 1.85.